The molecule has 1 aromatic carbocycles. The summed E-state index contributed by atoms with van der Waals surface area (Å²) in [5.41, 5.74) is 5.38. The van der Waals surface area contributed by atoms with Gasteiger partial charge < -0.3 is 15.6 Å². The summed E-state index contributed by atoms with van der Waals surface area (Å²) in [6, 6.07) is 5.92. The zero-order valence-corrected chi connectivity index (χ0v) is 9.51. The van der Waals surface area contributed by atoms with Crippen molar-refractivity contribution in [1.82, 2.24) is 4.98 Å². The van der Waals surface area contributed by atoms with Gasteiger partial charge in [-0.3, -0.25) is 4.79 Å². The van der Waals surface area contributed by atoms with Crippen molar-refractivity contribution in [3.63, 3.8) is 0 Å². The summed E-state index contributed by atoms with van der Waals surface area (Å²) in [4.78, 5) is 26.3. The first-order valence-electron chi connectivity index (χ1n) is 5.05. The maximum atomic E-state index is 11.2. The molecule has 1 heterocycles. The number of amides is 1. The van der Waals surface area contributed by atoms with Crippen molar-refractivity contribution in [3.8, 4) is 5.75 Å². The highest BCUT2D eigenvalue weighted by atomic mass is 16.5. The normalized spacial score (nSPS) is 10.3. The molecule has 0 unspecified atom stereocenters. The highest BCUT2D eigenvalue weighted by Gasteiger charge is 2.14. The Morgan fingerprint density at radius 2 is 2.06 bits per heavy atom. The van der Waals surface area contributed by atoms with Crippen LogP contribution < -0.4 is 10.5 Å². The number of carboxylic acids is 1. The van der Waals surface area contributed by atoms with Crippen molar-refractivity contribution in [2.24, 2.45) is 5.73 Å². The van der Waals surface area contributed by atoms with Crippen molar-refractivity contribution in [2.75, 3.05) is 7.11 Å². The van der Waals surface area contributed by atoms with Crippen LogP contribution in [0.15, 0.2) is 24.3 Å². The molecule has 0 spiro atoms. The second-order valence-electron chi connectivity index (χ2n) is 3.61. The van der Waals surface area contributed by atoms with Crippen LogP contribution in [0.5, 0.6) is 5.75 Å². The average Bonchev–Trinajstić information content (AvgIpc) is 2.36. The summed E-state index contributed by atoms with van der Waals surface area (Å²) in [6.45, 7) is 0. The number of methoxy groups -OCH3 is 1. The number of hydrogen-bond acceptors (Lipinski definition) is 4. The van der Waals surface area contributed by atoms with Crippen molar-refractivity contribution < 1.29 is 19.4 Å². The van der Waals surface area contributed by atoms with Gasteiger partial charge in [-0.15, -0.1) is 0 Å². The molecule has 0 saturated heterocycles. The zero-order chi connectivity index (χ0) is 13.3. The highest BCUT2D eigenvalue weighted by Crippen LogP contribution is 2.23. The fourth-order valence-corrected chi connectivity index (χ4v) is 1.64. The molecule has 2 aromatic rings. The fourth-order valence-electron chi connectivity index (χ4n) is 1.64. The van der Waals surface area contributed by atoms with Crippen LogP contribution in [0, 0.1) is 0 Å². The van der Waals surface area contributed by atoms with Gasteiger partial charge in [0.25, 0.3) is 5.91 Å². The summed E-state index contributed by atoms with van der Waals surface area (Å²) < 4.78 is 5.02. The van der Waals surface area contributed by atoms with E-state index in [1.807, 2.05) is 0 Å². The quantitative estimate of drug-likeness (QED) is 0.842. The van der Waals surface area contributed by atoms with Crippen molar-refractivity contribution >= 4 is 22.8 Å². The van der Waals surface area contributed by atoms with E-state index < -0.39 is 11.9 Å². The Bertz CT molecular complexity index is 652. The molecule has 0 aliphatic carbocycles. The maximum Gasteiger partial charge on any atom is 0.336 e. The molecule has 0 saturated carbocycles. The molecule has 6 heteroatoms. The van der Waals surface area contributed by atoms with Gasteiger partial charge >= 0.3 is 5.97 Å². The predicted molar refractivity (Wildman–Crippen MR) is 63.8 cm³/mol. The molecule has 3 N–H and O–H groups in total. The van der Waals surface area contributed by atoms with E-state index in [2.05, 4.69) is 4.98 Å². The number of aromatic carboxylic acids is 1. The maximum absolute atomic E-state index is 11.2. The number of pyridine rings is 1. The number of rotatable bonds is 3. The van der Waals surface area contributed by atoms with E-state index in [1.165, 1.54) is 7.11 Å². The van der Waals surface area contributed by atoms with E-state index in [0.717, 1.165) is 6.07 Å². The molecule has 92 valence electrons. The number of nitrogens with two attached hydrogens (primary N) is 1. The lowest BCUT2D eigenvalue weighted by Gasteiger charge is -2.06. The molecule has 0 aliphatic heterocycles. The molecule has 0 radical (unpaired) electrons. The number of carboxylic acid groups (broad SMARTS) is 1. The molecule has 18 heavy (non-hydrogen) atoms. The minimum Gasteiger partial charge on any atom is -0.497 e. The Morgan fingerprint density at radius 1 is 1.33 bits per heavy atom. The average molecular weight is 246 g/mol. The Hall–Kier alpha value is -2.63. The number of fused-ring (bicyclic) bond motifs is 1. The smallest absolute Gasteiger partial charge is 0.336 e. The molecule has 0 bridgehead atoms. The lowest BCUT2D eigenvalue weighted by Crippen LogP contribution is -2.14. The van der Waals surface area contributed by atoms with Crippen LogP contribution >= 0.6 is 0 Å². The number of ether oxygens (including phenoxy) is 1. The SMILES string of the molecule is COc1ccc2nc(C(N)=O)cc(C(=O)O)c2c1. The van der Waals surface area contributed by atoms with Crippen molar-refractivity contribution in [1.29, 1.82) is 0 Å². The van der Waals surface area contributed by atoms with Crippen LogP contribution in [-0.4, -0.2) is 29.1 Å². The van der Waals surface area contributed by atoms with Gasteiger partial charge in [0, 0.05) is 5.39 Å². The number of carbonyl (C=O) groups excluding carboxylic acids is 1. The molecule has 1 aromatic heterocycles. The fraction of sp³-hybridized carbons (Fsp3) is 0.0833. The first-order valence-corrected chi connectivity index (χ1v) is 5.05. The van der Waals surface area contributed by atoms with Gasteiger partial charge in [-0.05, 0) is 24.3 Å². The van der Waals surface area contributed by atoms with Gasteiger partial charge in [0.1, 0.15) is 11.4 Å². The number of nitrogens with zero attached hydrogens (tertiary/aromatic N) is 1. The van der Waals surface area contributed by atoms with Gasteiger partial charge in [0.05, 0.1) is 18.2 Å². The van der Waals surface area contributed by atoms with E-state index in [1.54, 1.807) is 18.2 Å². The minimum atomic E-state index is -1.15. The first-order chi connectivity index (χ1) is 8.52. The summed E-state index contributed by atoms with van der Waals surface area (Å²) in [5.74, 6) is -1.41. The number of aromatic nitrogens is 1. The van der Waals surface area contributed by atoms with Gasteiger partial charge in [-0.1, -0.05) is 0 Å². The number of benzene rings is 1. The van der Waals surface area contributed by atoms with E-state index >= 15 is 0 Å². The van der Waals surface area contributed by atoms with Crippen molar-refractivity contribution in [3.05, 3.63) is 35.5 Å². The molecule has 0 aliphatic rings. The lowest BCUT2D eigenvalue weighted by molar-refractivity contribution is 0.0699. The first kappa shape index (κ1) is 11.8. The molecule has 0 fully saturated rings. The largest absolute Gasteiger partial charge is 0.497 e. The highest BCUT2D eigenvalue weighted by molar-refractivity contribution is 6.05. The van der Waals surface area contributed by atoms with Crippen LogP contribution in [0.1, 0.15) is 20.8 Å². The summed E-state index contributed by atoms with van der Waals surface area (Å²) in [5, 5.41) is 9.53. The summed E-state index contributed by atoms with van der Waals surface area (Å²) >= 11 is 0. The second kappa shape index (κ2) is 4.33. The van der Waals surface area contributed by atoms with Gasteiger partial charge in [0.2, 0.25) is 0 Å². The minimum absolute atomic E-state index is 0.0345. The molecule has 6 nitrogen and oxygen atoms in total. The molecular formula is C12H10N2O4. The number of hydrogen-bond donors (Lipinski definition) is 2. The van der Waals surface area contributed by atoms with Gasteiger partial charge in [-0.25, -0.2) is 9.78 Å². The third kappa shape index (κ3) is 1.95. The standard InChI is InChI=1S/C12H10N2O4/c1-18-6-2-3-9-7(4-6)8(12(16)17)5-10(14-9)11(13)15/h2-5H,1H3,(H2,13,15)(H,16,17). The molecule has 0 atom stereocenters. The third-order valence-electron chi connectivity index (χ3n) is 2.50. The molecular weight excluding hydrogens is 236 g/mol. The van der Waals surface area contributed by atoms with E-state index in [9.17, 15) is 9.59 Å². The Morgan fingerprint density at radius 3 is 2.61 bits per heavy atom. The second-order valence-corrected chi connectivity index (χ2v) is 3.61. The van der Waals surface area contributed by atoms with Gasteiger partial charge in [0.15, 0.2) is 0 Å². The Kier molecular flexibility index (Phi) is 2.85. The third-order valence-corrected chi connectivity index (χ3v) is 2.50. The predicted octanol–water partition coefficient (Wildman–Crippen LogP) is 1.04. The molecule has 1 amide bonds. The van der Waals surface area contributed by atoms with E-state index in [4.69, 9.17) is 15.6 Å². The summed E-state index contributed by atoms with van der Waals surface area (Å²) in [6.07, 6.45) is 0. The van der Waals surface area contributed by atoms with Crippen LogP contribution in [0.25, 0.3) is 10.9 Å². The van der Waals surface area contributed by atoms with Crippen LogP contribution in [-0.2, 0) is 0 Å². The monoisotopic (exact) mass is 246 g/mol. The zero-order valence-electron chi connectivity index (χ0n) is 9.51. The number of carbonyl (C=O) groups is 2. The number of primary amides is 1. The van der Waals surface area contributed by atoms with Crippen LogP contribution in [0.4, 0.5) is 0 Å². The molecule has 2 rings (SSSR count). The van der Waals surface area contributed by atoms with E-state index in [0.29, 0.717) is 16.7 Å². The van der Waals surface area contributed by atoms with Crippen LogP contribution in [0.3, 0.4) is 0 Å². The topological polar surface area (TPSA) is 103 Å². The van der Waals surface area contributed by atoms with Gasteiger partial charge in [-0.2, -0.15) is 0 Å². The van der Waals surface area contributed by atoms with Crippen LogP contribution in [0.2, 0.25) is 0 Å². The summed E-state index contributed by atoms with van der Waals surface area (Å²) in [7, 11) is 1.48. The van der Waals surface area contributed by atoms with Crippen molar-refractivity contribution in [2.45, 2.75) is 0 Å². The Balaban J connectivity index is 2.81. The Labute approximate surface area is 102 Å². The lowest BCUT2D eigenvalue weighted by atomic mass is 10.1. The van der Waals surface area contributed by atoms with E-state index in [-0.39, 0.29) is 11.3 Å².